The first-order valence-corrected chi connectivity index (χ1v) is 27.5. The lowest BCUT2D eigenvalue weighted by Gasteiger charge is -2.20. The van der Waals surface area contributed by atoms with E-state index in [4.69, 9.17) is 9.47 Å². The average molecular weight is 953 g/mol. The summed E-state index contributed by atoms with van der Waals surface area (Å²) in [7, 11) is 0. The van der Waals surface area contributed by atoms with Crippen LogP contribution in [0.15, 0.2) is 78.9 Å². The summed E-state index contributed by atoms with van der Waals surface area (Å²) >= 11 is 0. The number of rotatable bonds is 40. The second-order valence-corrected chi connectivity index (χ2v) is 19.2. The molecule has 4 amide bonds. The van der Waals surface area contributed by atoms with Gasteiger partial charge in [0.2, 0.25) is 0 Å². The number of anilines is 2. The van der Waals surface area contributed by atoms with E-state index in [0.717, 1.165) is 55.2 Å². The normalized spacial score (nSPS) is 11.9. The van der Waals surface area contributed by atoms with Crippen molar-refractivity contribution >= 4 is 35.4 Å². The molecule has 3 rings (SSSR count). The van der Waals surface area contributed by atoms with Gasteiger partial charge in [-0.3, -0.25) is 0 Å². The topological polar surface area (TPSA) is 135 Å². The van der Waals surface area contributed by atoms with Gasteiger partial charge in [-0.25, -0.2) is 19.2 Å². The maximum Gasteiger partial charge on any atom is 0.329 e. The lowest BCUT2D eigenvalue weighted by molar-refractivity contribution is -0.146. The number of urea groups is 2. The summed E-state index contributed by atoms with van der Waals surface area (Å²) < 4.78 is 11.4. The minimum absolute atomic E-state index is 0.276. The van der Waals surface area contributed by atoms with Crippen LogP contribution in [0.2, 0.25) is 0 Å². The number of carbonyl (C=O) groups is 4. The number of nitrogens with one attached hydrogen (secondary N) is 4. The molecule has 0 saturated carbocycles. The van der Waals surface area contributed by atoms with Gasteiger partial charge in [-0.05, 0) is 48.6 Å². The standard InChI is InChI=1S/C59H92N4O6/c1-4-6-8-10-12-14-16-18-20-22-24-26-28-36-44-68-56(64)54(46-50-38-32-30-33-39-50)62-58(66)60-52-43-42-49(3)53(48-52)61-59(67)63-55(47-51-40-34-31-35-41-51)57(65)69-45-37-29-27-25-23-21-19-17-15-13-11-9-7-5-2/h30-35,38-43,48,54-55H,4-29,36-37,44-47H2,1-3H3,(H2,60,62,66)(H2,61,63,67). The van der Waals surface area contributed by atoms with Gasteiger partial charge in [0.25, 0.3) is 0 Å². The zero-order chi connectivity index (χ0) is 49.4. The molecule has 2 unspecified atom stereocenters. The van der Waals surface area contributed by atoms with E-state index >= 15 is 0 Å². The van der Waals surface area contributed by atoms with Gasteiger partial charge in [-0.1, -0.05) is 248 Å². The van der Waals surface area contributed by atoms with Gasteiger partial charge in [0.1, 0.15) is 12.1 Å². The Morgan fingerprint density at radius 1 is 0.420 bits per heavy atom. The number of amides is 4. The highest BCUT2D eigenvalue weighted by Gasteiger charge is 2.25. The Kier molecular flexibility index (Phi) is 33.0. The molecular formula is C59H92N4O6. The predicted octanol–water partition coefficient (Wildman–Crippen LogP) is 15.5. The largest absolute Gasteiger partial charge is 0.464 e. The Morgan fingerprint density at radius 2 is 0.754 bits per heavy atom. The Morgan fingerprint density at radius 3 is 1.12 bits per heavy atom. The van der Waals surface area contributed by atoms with E-state index in [1.54, 1.807) is 18.2 Å². The number of hydrogen-bond donors (Lipinski definition) is 4. The van der Waals surface area contributed by atoms with Gasteiger partial charge < -0.3 is 30.7 Å². The molecule has 384 valence electrons. The summed E-state index contributed by atoms with van der Waals surface area (Å²) in [6.45, 7) is 6.98. The fourth-order valence-corrected chi connectivity index (χ4v) is 8.70. The van der Waals surface area contributed by atoms with Gasteiger partial charge >= 0.3 is 24.0 Å². The first-order valence-electron chi connectivity index (χ1n) is 27.5. The van der Waals surface area contributed by atoms with Crippen molar-refractivity contribution in [3.8, 4) is 0 Å². The van der Waals surface area contributed by atoms with Crippen LogP contribution in [-0.2, 0) is 31.9 Å². The van der Waals surface area contributed by atoms with Crippen molar-refractivity contribution in [2.24, 2.45) is 0 Å². The van der Waals surface area contributed by atoms with E-state index in [0.29, 0.717) is 24.6 Å². The van der Waals surface area contributed by atoms with Crippen LogP contribution in [0.3, 0.4) is 0 Å². The summed E-state index contributed by atoms with van der Waals surface area (Å²) in [5.41, 5.74) is 3.41. The van der Waals surface area contributed by atoms with Gasteiger partial charge in [-0.2, -0.15) is 0 Å². The molecule has 0 fully saturated rings. The van der Waals surface area contributed by atoms with Crippen LogP contribution in [0.1, 0.15) is 210 Å². The van der Waals surface area contributed by atoms with Crippen LogP contribution in [0, 0.1) is 6.92 Å². The minimum Gasteiger partial charge on any atom is -0.464 e. The molecule has 0 saturated heterocycles. The van der Waals surface area contributed by atoms with Crippen LogP contribution >= 0.6 is 0 Å². The molecule has 0 radical (unpaired) electrons. The number of carbonyl (C=O) groups excluding carboxylic acids is 4. The highest BCUT2D eigenvalue weighted by atomic mass is 16.5. The summed E-state index contributed by atoms with van der Waals surface area (Å²) in [6, 6.07) is 21.3. The van der Waals surface area contributed by atoms with E-state index < -0.39 is 36.1 Å². The Hall–Kier alpha value is -4.86. The highest BCUT2D eigenvalue weighted by molar-refractivity contribution is 5.96. The van der Waals surface area contributed by atoms with Crippen molar-refractivity contribution in [2.75, 3.05) is 23.8 Å². The molecule has 0 bridgehead atoms. The molecule has 4 N–H and O–H groups in total. The van der Waals surface area contributed by atoms with E-state index in [2.05, 4.69) is 35.1 Å². The van der Waals surface area contributed by atoms with E-state index in [9.17, 15) is 19.2 Å². The number of ether oxygens (including phenoxy) is 2. The summed E-state index contributed by atoms with van der Waals surface area (Å²) in [4.78, 5) is 53.7. The zero-order valence-electron chi connectivity index (χ0n) is 43.2. The molecule has 3 aromatic rings. The SMILES string of the molecule is CCCCCCCCCCCCCCCCOC(=O)C(Cc1ccccc1)NC(=O)Nc1ccc(C)c(NC(=O)NC(Cc2ccccc2)C(=O)OCCCCCCCCCCCCCCCC)c1. The summed E-state index contributed by atoms with van der Waals surface area (Å²) in [5.74, 6) is -0.953. The van der Waals surface area contributed by atoms with Crippen LogP contribution in [-0.4, -0.2) is 49.3 Å². The molecule has 2 atom stereocenters. The number of aryl methyl sites for hydroxylation is 1. The first-order chi connectivity index (χ1) is 33.8. The van der Waals surface area contributed by atoms with Crippen LogP contribution < -0.4 is 21.3 Å². The lowest BCUT2D eigenvalue weighted by atomic mass is 10.0. The van der Waals surface area contributed by atoms with Gasteiger partial charge in [-0.15, -0.1) is 0 Å². The van der Waals surface area contributed by atoms with Crippen molar-refractivity contribution in [2.45, 2.75) is 225 Å². The zero-order valence-corrected chi connectivity index (χ0v) is 43.2. The lowest BCUT2D eigenvalue weighted by Crippen LogP contribution is -2.45. The van der Waals surface area contributed by atoms with E-state index in [1.807, 2.05) is 67.6 Å². The van der Waals surface area contributed by atoms with Crippen molar-refractivity contribution in [3.63, 3.8) is 0 Å². The molecule has 0 aliphatic carbocycles. The third kappa shape index (κ3) is 29.0. The highest BCUT2D eigenvalue weighted by Crippen LogP contribution is 2.21. The average Bonchev–Trinajstić information content (AvgIpc) is 3.35. The Balaban J connectivity index is 1.43. The number of esters is 2. The third-order valence-electron chi connectivity index (χ3n) is 13.0. The Labute approximate surface area is 418 Å². The number of hydrogen-bond acceptors (Lipinski definition) is 6. The maximum absolute atomic E-state index is 13.5. The predicted molar refractivity (Wildman–Crippen MR) is 286 cm³/mol. The van der Waals surface area contributed by atoms with Crippen LogP contribution in [0.25, 0.3) is 0 Å². The molecule has 69 heavy (non-hydrogen) atoms. The van der Waals surface area contributed by atoms with Gasteiger partial charge in [0, 0.05) is 24.2 Å². The van der Waals surface area contributed by atoms with E-state index in [-0.39, 0.29) is 12.8 Å². The van der Waals surface area contributed by atoms with Crippen LogP contribution in [0.5, 0.6) is 0 Å². The van der Waals surface area contributed by atoms with Crippen LogP contribution in [0.4, 0.5) is 21.0 Å². The summed E-state index contributed by atoms with van der Waals surface area (Å²) in [5, 5.41) is 11.4. The third-order valence-corrected chi connectivity index (χ3v) is 13.0. The molecular weight excluding hydrogens is 861 g/mol. The Bertz CT molecular complexity index is 1790. The first kappa shape index (κ1) is 58.5. The van der Waals surface area contributed by atoms with E-state index in [1.165, 1.54) is 141 Å². The molecule has 0 spiro atoms. The fraction of sp³-hybridized carbons (Fsp3) is 0.627. The van der Waals surface area contributed by atoms with Crippen molar-refractivity contribution in [1.82, 2.24) is 10.6 Å². The number of unbranched alkanes of at least 4 members (excludes halogenated alkanes) is 26. The molecule has 0 heterocycles. The minimum atomic E-state index is -0.901. The smallest absolute Gasteiger partial charge is 0.329 e. The molecule has 0 aliphatic rings. The molecule has 0 aliphatic heterocycles. The number of benzene rings is 3. The fourth-order valence-electron chi connectivity index (χ4n) is 8.70. The molecule has 3 aromatic carbocycles. The second-order valence-electron chi connectivity index (χ2n) is 19.2. The summed E-state index contributed by atoms with van der Waals surface area (Å²) in [6.07, 6.45) is 35.5. The monoisotopic (exact) mass is 953 g/mol. The van der Waals surface area contributed by atoms with Crippen molar-refractivity contribution < 1.29 is 28.7 Å². The quantitative estimate of drug-likeness (QED) is 0.0331. The van der Waals surface area contributed by atoms with Gasteiger partial charge in [0.05, 0.1) is 13.2 Å². The molecule has 10 nitrogen and oxygen atoms in total. The molecule has 0 aromatic heterocycles. The van der Waals surface area contributed by atoms with Gasteiger partial charge in [0.15, 0.2) is 0 Å². The molecule has 10 heteroatoms. The van der Waals surface area contributed by atoms with Crippen molar-refractivity contribution in [3.05, 3.63) is 95.6 Å². The maximum atomic E-state index is 13.5. The van der Waals surface area contributed by atoms with Crippen molar-refractivity contribution in [1.29, 1.82) is 0 Å². The second kappa shape index (κ2) is 38.9.